The number of carboxylic acid groups (broad SMARTS) is 1. The maximum atomic E-state index is 10.6. The molecule has 0 aromatic heterocycles. The Morgan fingerprint density at radius 1 is 1.77 bits per heavy atom. The molecule has 0 aromatic carbocycles. The van der Waals surface area contributed by atoms with Crippen LogP contribution in [-0.4, -0.2) is 27.6 Å². The van der Waals surface area contributed by atoms with Crippen LogP contribution in [0.2, 0.25) is 0 Å². The molecule has 0 aromatic rings. The molecule has 0 spiro atoms. The Hall–Kier alpha value is -0.000000000000000111. The van der Waals surface area contributed by atoms with E-state index in [0.717, 1.165) is 4.48 Å². The lowest BCUT2D eigenvalue weighted by Gasteiger charge is -2.27. The molecule has 0 heterocycles. The van der Waals surface area contributed by atoms with Gasteiger partial charge in [0.1, 0.15) is 6.04 Å². The summed E-state index contributed by atoms with van der Waals surface area (Å²) < 4.78 is 0.353. The molecule has 0 aliphatic heterocycles. The summed E-state index contributed by atoms with van der Waals surface area (Å²) in [7, 11) is 0. The van der Waals surface area contributed by atoms with Crippen LogP contribution in [0, 0.1) is 0 Å². The summed E-state index contributed by atoms with van der Waals surface area (Å²) in [6.45, 7) is 7.29. The van der Waals surface area contributed by atoms with Crippen LogP contribution in [-0.2, 0) is 4.79 Å². The molecule has 0 rings (SSSR count). The lowest BCUT2D eigenvalue weighted by atomic mass is 10.1. The van der Waals surface area contributed by atoms with Crippen LogP contribution in [0.15, 0.2) is 11.1 Å². The monoisotopic (exact) mass is 267 g/mol. The molecule has 76 valence electrons. The third-order valence-electron chi connectivity index (χ3n) is 1.62. The first kappa shape index (κ1) is 13.0. The third kappa shape index (κ3) is 4.69. The minimum absolute atomic E-state index is 0.484. The van der Waals surface area contributed by atoms with Gasteiger partial charge >= 0.3 is 5.97 Å². The van der Waals surface area contributed by atoms with Gasteiger partial charge in [0.05, 0.1) is 0 Å². The Balaban J connectivity index is 4.21. The maximum absolute atomic E-state index is 10.6. The van der Waals surface area contributed by atoms with Gasteiger partial charge in [-0.25, -0.2) is 0 Å². The minimum atomic E-state index is -0.974. The minimum Gasteiger partial charge on any atom is -0.480 e. The molecular weight excluding hydrogens is 254 g/mol. The fourth-order valence-corrected chi connectivity index (χ4v) is 1.80. The van der Waals surface area contributed by atoms with E-state index in [2.05, 4.69) is 22.5 Å². The summed E-state index contributed by atoms with van der Waals surface area (Å²) in [5.41, 5.74) is 5.52. The standard InChI is InChI=1S/C8H14BrNO2S/c1-5(9)4-13-8(2,3)6(10)7(11)12/h6H,1,4,10H2,2-3H3,(H,11,12)/t6-/m1/s1. The van der Waals surface area contributed by atoms with Crippen molar-refractivity contribution in [2.24, 2.45) is 5.73 Å². The van der Waals surface area contributed by atoms with E-state index in [9.17, 15) is 4.79 Å². The van der Waals surface area contributed by atoms with E-state index in [0.29, 0.717) is 5.75 Å². The topological polar surface area (TPSA) is 63.3 Å². The Bertz CT molecular complexity index is 218. The fraction of sp³-hybridized carbons (Fsp3) is 0.625. The van der Waals surface area contributed by atoms with Crippen LogP contribution < -0.4 is 5.73 Å². The highest BCUT2D eigenvalue weighted by Crippen LogP contribution is 2.29. The van der Waals surface area contributed by atoms with Gasteiger partial charge in [-0.1, -0.05) is 22.5 Å². The molecule has 0 bridgehead atoms. The molecule has 5 heteroatoms. The summed E-state index contributed by atoms with van der Waals surface area (Å²) in [6, 6.07) is -0.857. The van der Waals surface area contributed by atoms with Gasteiger partial charge < -0.3 is 10.8 Å². The highest BCUT2D eigenvalue weighted by Gasteiger charge is 2.32. The number of rotatable bonds is 5. The Morgan fingerprint density at radius 2 is 2.23 bits per heavy atom. The predicted octanol–water partition coefficient (Wildman–Crippen LogP) is 1.82. The average Bonchev–Trinajstić information content (AvgIpc) is 1.99. The highest BCUT2D eigenvalue weighted by atomic mass is 79.9. The number of halogens is 1. The van der Waals surface area contributed by atoms with Crippen molar-refractivity contribution in [1.82, 2.24) is 0 Å². The first-order valence-corrected chi connectivity index (χ1v) is 5.51. The largest absolute Gasteiger partial charge is 0.480 e. The Labute approximate surface area is 90.9 Å². The van der Waals surface area contributed by atoms with E-state index in [1.807, 2.05) is 13.8 Å². The molecule has 0 unspecified atom stereocenters. The molecule has 3 nitrogen and oxygen atoms in total. The van der Waals surface area contributed by atoms with Crippen LogP contribution in [0.3, 0.4) is 0 Å². The zero-order valence-corrected chi connectivity index (χ0v) is 10.1. The van der Waals surface area contributed by atoms with Gasteiger partial charge in [-0.15, -0.1) is 11.8 Å². The lowest BCUT2D eigenvalue weighted by Crippen LogP contribution is -2.46. The second-order valence-corrected chi connectivity index (χ2v) is 5.98. The van der Waals surface area contributed by atoms with Crippen molar-refractivity contribution in [2.45, 2.75) is 24.6 Å². The zero-order valence-electron chi connectivity index (χ0n) is 7.71. The smallest absolute Gasteiger partial charge is 0.321 e. The number of hydrogen-bond donors (Lipinski definition) is 2. The van der Waals surface area contributed by atoms with Gasteiger partial charge in [0.25, 0.3) is 0 Å². The SMILES string of the molecule is C=C(Br)CSC(C)(C)[C@H](N)C(=O)O. The van der Waals surface area contributed by atoms with Crippen molar-refractivity contribution in [3.63, 3.8) is 0 Å². The summed E-state index contributed by atoms with van der Waals surface area (Å²) in [6.07, 6.45) is 0. The van der Waals surface area contributed by atoms with Crippen molar-refractivity contribution >= 4 is 33.7 Å². The first-order valence-electron chi connectivity index (χ1n) is 3.73. The van der Waals surface area contributed by atoms with Crippen LogP contribution in [0.1, 0.15) is 13.8 Å². The van der Waals surface area contributed by atoms with Crippen molar-refractivity contribution in [2.75, 3.05) is 5.75 Å². The number of carboxylic acids is 1. The van der Waals surface area contributed by atoms with E-state index in [-0.39, 0.29) is 0 Å². The average molecular weight is 268 g/mol. The van der Waals surface area contributed by atoms with Crippen LogP contribution in [0.5, 0.6) is 0 Å². The number of carbonyl (C=O) groups is 1. The van der Waals surface area contributed by atoms with Crippen LogP contribution in [0.4, 0.5) is 0 Å². The van der Waals surface area contributed by atoms with Crippen LogP contribution in [0.25, 0.3) is 0 Å². The molecule has 0 fully saturated rings. The van der Waals surface area contributed by atoms with Gasteiger partial charge in [0, 0.05) is 10.5 Å². The van der Waals surface area contributed by atoms with E-state index in [1.165, 1.54) is 11.8 Å². The molecule has 1 atom stereocenters. The number of thioether (sulfide) groups is 1. The van der Waals surface area contributed by atoms with Gasteiger partial charge in [0.2, 0.25) is 0 Å². The summed E-state index contributed by atoms with van der Waals surface area (Å²) in [4.78, 5) is 10.6. The van der Waals surface area contributed by atoms with E-state index >= 15 is 0 Å². The number of aliphatic carboxylic acids is 1. The summed E-state index contributed by atoms with van der Waals surface area (Å²) in [5, 5.41) is 8.71. The first-order chi connectivity index (χ1) is 5.77. The Morgan fingerprint density at radius 3 is 2.54 bits per heavy atom. The van der Waals surface area contributed by atoms with Crippen molar-refractivity contribution in [3.05, 3.63) is 11.1 Å². The van der Waals surface area contributed by atoms with E-state index < -0.39 is 16.8 Å². The molecule has 13 heavy (non-hydrogen) atoms. The van der Waals surface area contributed by atoms with Crippen molar-refractivity contribution < 1.29 is 9.90 Å². The molecule has 0 aliphatic rings. The second kappa shape index (κ2) is 5.02. The number of nitrogens with two attached hydrogens (primary N) is 1. The van der Waals surface area contributed by atoms with Gasteiger partial charge in [0.15, 0.2) is 0 Å². The van der Waals surface area contributed by atoms with Crippen LogP contribution >= 0.6 is 27.7 Å². The van der Waals surface area contributed by atoms with Gasteiger partial charge in [-0.2, -0.15) is 0 Å². The van der Waals surface area contributed by atoms with Crippen molar-refractivity contribution in [3.8, 4) is 0 Å². The molecule has 0 saturated carbocycles. The third-order valence-corrected chi connectivity index (χ3v) is 3.76. The second-order valence-electron chi connectivity index (χ2n) is 3.23. The lowest BCUT2D eigenvalue weighted by molar-refractivity contribution is -0.139. The predicted molar refractivity (Wildman–Crippen MR) is 60.2 cm³/mol. The molecule has 0 aliphatic carbocycles. The quantitative estimate of drug-likeness (QED) is 0.798. The highest BCUT2D eigenvalue weighted by molar-refractivity contribution is 9.11. The van der Waals surface area contributed by atoms with Gasteiger partial charge in [-0.05, 0) is 18.3 Å². The molecule has 0 radical (unpaired) electrons. The van der Waals surface area contributed by atoms with E-state index in [4.69, 9.17) is 10.8 Å². The fourth-order valence-electron chi connectivity index (χ4n) is 0.651. The molecule has 0 amide bonds. The molecule has 0 saturated heterocycles. The maximum Gasteiger partial charge on any atom is 0.321 e. The van der Waals surface area contributed by atoms with Crippen molar-refractivity contribution in [1.29, 1.82) is 0 Å². The zero-order chi connectivity index (χ0) is 10.6. The molecule has 3 N–H and O–H groups in total. The summed E-state index contributed by atoms with van der Waals surface area (Å²) >= 11 is 4.68. The Kier molecular flexibility index (Phi) is 5.02. The summed E-state index contributed by atoms with van der Waals surface area (Å²) in [5.74, 6) is -0.314. The number of hydrogen-bond acceptors (Lipinski definition) is 3. The van der Waals surface area contributed by atoms with E-state index in [1.54, 1.807) is 0 Å². The molecular formula is C8H14BrNO2S. The normalized spacial score (nSPS) is 13.8. The van der Waals surface area contributed by atoms with Gasteiger partial charge in [-0.3, -0.25) is 4.79 Å².